The number of hydrogen-bond donors (Lipinski definition) is 1. The molecule has 0 spiro atoms. The van der Waals surface area contributed by atoms with Crippen molar-refractivity contribution in [2.75, 3.05) is 11.1 Å². The largest absolute Gasteiger partial charge is 0.325 e. The van der Waals surface area contributed by atoms with Crippen molar-refractivity contribution in [2.45, 2.75) is 5.16 Å². The minimum absolute atomic E-state index is 0.141. The number of carbonyl (C=O) groups is 1. The van der Waals surface area contributed by atoms with E-state index in [0.717, 1.165) is 0 Å². The number of nitrogens with zero attached hydrogens (tertiary/aromatic N) is 5. The number of hydrogen-bond acceptors (Lipinski definition) is 5. The van der Waals surface area contributed by atoms with Crippen molar-refractivity contribution in [3.05, 3.63) is 77.2 Å². The molecular weight excluding hydrogens is 431 g/mol. The Kier molecular flexibility index (Phi) is 5.84. The molecule has 0 saturated heterocycles. The number of nitrogens with one attached hydrogen (secondary N) is 1. The predicted octanol–water partition coefficient (Wildman–Crippen LogP) is 4.49. The molecule has 1 aromatic carbocycles. The van der Waals surface area contributed by atoms with E-state index >= 15 is 0 Å². The number of rotatable bonds is 6. The first-order valence-corrected chi connectivity index (χ1v) is 10.2. The summed E-state index contributed by atoms with van der Waals surface area (Å²) in [5, 5.41) is 12.7. The molecule has 4 aromatic rings. The molecule has 0 saturated carbocycles. The number of thioether (sulfide) groups is 1. The maximum absolute atomic E-state index is 12.4. The Morgan fingerprint density at radius 2 is 1.86 bits per heavy atom. The quantitative estimate of drug-likeness (QED) is 0.443. The van der Waals surface area contributed by atoms with Gasteiger partial charge in [0, 0.05) is 24.3 Å². The zero-order valence-electron chi connectivity index (χ0n) is 14.9. The number of halogens is 2. The van der Waals surface area contributed by atoms with Crippen LogP contribution in [-0.2, 0) is 4.79 Å². The molecule has 3 heterocycles. The molecule has 1 N–H and O–H groups in total. The van der Waals surface area contributed by atoms with E-state index in [1.165, 1.54) is 11.8 Å². The fourth-order valence-corrected chi connectivity index (χ4v) is 3.61. The van der Waals surface area contributed by atoms with Crippen LogP contribution in [0.2, 0.25) is 10.0 Å². The van der Waals surface area contributed by atoms with Gasteiger partial charge in [-0.2, -0.15) is 0 Å². The van der Waals surface area contributed by atoms with Gasteiger partial charge in [-0.1, -0.05) is 41.0 Å². The van der Waals surface area contributed by atoms with E-state index in [-0.39, 0.29) is 11.7 Å². The van der Waals surface area contributed by atoms with Crippen molar-refractivity contribution in [3.63, 3.8) is 0 Å². The monoisotopic (exact) mass is 444 g/mol. The minimum atomic E-state index is -0.199. The van der Waals surface area contributed by atoms with Gasteiger partial charge in [0.2, 0.25) is 16.9 Å². The summed E-state index contributed by atoms with van der Waals surface area (Å²) in [7, 11) is 0. The van der Waals surface area contributed by atoms with Crippen molar-refractivity contribution < 1.29 is 4.79 Å². The van der Waals surface area contributed by atoms with Crippen LogP contribution in [0.15, 0.2) is 72.3 Å². The average Bonchev–Trinajstić information content (AvgIpc) is 3.39. The van der Waals surface area contributed by atoms with Crippen LogP contribution >= 0.6 is 35.0 Å². The zero-order chi connectivity index (χ0) is 20.2. The van der Waals surface area contributed by atoms with Gasteiger partial charge in [0.1, 0.15) is 5.69 Å². The van der Waals surface area contributed by atoms with Gasteiger partial charge in [0.05, 0.1) is 15.8 Å². The second-order valence-corrected chi connectivity index (χ2v) is 7.62. The molecule has 0 aliphatic rings. The fourth-order valence-electron chi connectivity index (χ4n) is 2.58. The summed E-state index contributed by atoms with van der Waals surface area (Å²) in [6, 6.07) is 14.3. The molecule has 10 heteroatoms. The number of carbonyl (C=O) groups excluding carboxylic acids is 1. The third kappa shape index (κ3) is 4.45. The molecule has 0 aliphatic heterocycles. The van der Waals surface area contributed by atoms with Crippen molar-refractivity contribution in [1.29, 1.82) is 0 Å². The highest BCUT2D eigenvalue weighted by Crippen LogP contribution is 2.26. The molecule has 0 atom stereocenters. The van der Waals surface area contributed by atoms with E-state index in [9.17, 15) is 4.79 Å². The Labute approximate surface area is 180 Å². The van der Waals surface area contributed by atoms with Gasteiger partial charge in [0.15, 0.2) is 0 Å². The fraction of sp³-hybridized carbons (Fsp3) is 0.0526. The van der Waals surface area contributed by atoms with E-state index in [2.05, 4.69) is 20.5 Å². The number of pyridine rings is 1. The molecule has 0 aliphatic carbocycles. The van der Waals surface area contributed by atoms with Gasteiger partial charge in [-0.3, -0.25) is 14.5 Å². The van der Waals surface area contributed by atoms with E-state index in [1.54, 1.807) is 29.1 Å². The summed E-state index contributed by atoms with van der Waals surface area (Å²) in [5.74, 6) is 0.519. The van der Waals surface area contributed by atoms with Gasteiger partial charge in [-0.25, -0.2) is 4.68 Å². The Hall–Kier alpha value is -2.81. The lowest BCUT2D eigenvalue weighted by atomic mass is 10.3. The molecule has 146 valence electrons. The Balaban J connectivity index is 1.53. The van der Waals surface area contributed by atoms with Crippen molar-refractivity contribution >= 4 is 46.6 Å². The van der Waals surface area contributed by atoms with Crippen LogP contribution < -0.4 is 5.32 Å². The zero-order valence-corrected chi connectivity index (χ0v) is 17.2. The average molecular weight is 445 g/mol. The lowest BCUT2D eigenvalue weighted by molar-refractivity contribution is -0.113. The molecule has 3 aromatic heterocycles. The highest BCUT2D eigenvalue weighted by Gasteiger charge is 2.17. The van der Waals surface area contributed by atoms with Crippen LogP contribution in [0, 0.1) is 0 Å². The maximum Gasteiger partial charge on any atom is 0.234 e. The second kappa shape index (κ2) is 8.69. The molecular formula is C19H14Cl2N6OS. The maximum atomic E-state index is 12.4. The molecule has 29 heavy (non-hydrogen) atoms. The molecule has 0 unspecified atom stereocenters. The standard InChI is InChI=1S/C19H14Cl2N6OS/c20-14-7-6-13(11-15(14)21)23-17(28)12-29-19-25-24-18(16-5-1-2-8-22-16)27(19)26-9-3-4-10-26/h1-11H,12H2,(H,23,28). The third-order valence-electron chi connectivity index (χ3n) is 3.86. The summed E-state index contributed by atoms with van der Waals surface area (Å²) < 4.78 is 3.64. The summed E-state index contributed by atoms with van der Waals surface area (Å²) in [6.07, 6.45) is 5.44. The molecule has 0 radical (unpaired) electrons. The number of anilines is 1. The summed E-state index contributed by atoms with van der Waals surface area (Å²) in [5.41, 5.74) is 1.26. The van der Waals surface area contributed by atoms with Gasteiger partial charge < -0.3 is 5.32 Å². The summed E-state index contributed by atoms with van der Waals surface area (Å²) >= 11 is 13.2. The lowest BCUT2D eigenvalue weighted by Gasteiger charge is -2.11. The first-order valence-electron chi connectivity index (χ1n) is 8.50. The molecule has 7 nitrogen and oxygen atoms in total. The second-order valence-electron chi connectivity index (χ2n) is 5.86. The van der Waals surface area contributed by atoms with Crippen LogP contribution in [-0.4, -0.2) is 36.2 Å². The third-order valence-corrected chi connectivity index (χ3v) is 5.52. The first-order chi connectivity index (χ1) is 14.1. The van der Waals surface area contributed by atoms with Crippen LogP contribution in [0.25, 0.3) is 11.5 Å². The van der Waals surface area contributed by atoms with Crippen LogP contribution in [0.5, 0.6) is 0 Å². The lowest BCUT2D eigenvalue weighted by Crippen LogP contribution is -2.16. The minimum Gasteiger partial charge on any atom is -0.325 e. The van der Waals surface area contributed by atoms with Crippen LogP contribution in [0.3, 0.4) is 0 Å². The summed E-state index contributed by atoms with van der Waals surface area (Å²) in [6.45, 7) is 0. The molecule has 1 amide bonds. The number of aromatic nitrogens is 5. The van der Waals surface area contributed by atoms with Gasteiger partial charge in [-0.05, 0) is 42.5 Å². The molecule has 4 rings (SSSR count). The van der Waals surface area contributed by atoms with Gasteiger partial charge in [-0.15, -0.1) is 10.2 Å². The highest BCUT2D eigenvalue weighted by molar-refractivity contribution is 7.99. The van der Waals surface area contributed by atoms with Crippen LogP contribution in [0.1, 0.15) is 0 Å². The number of benzene rings is 1. The summed E-state index contributed by atoms with van der Waals surface area (Å²) in [4.78, 5) is 16.7. The topological polar surface area (TPSA) is 77.6 Å². The Bertz CT molecular complexity index is 1130. The SMILES string of the molecule is O=C(CSc1nnc(-c2ccccn2)n1-n1cccc1)Nc1ccc(Cl)c(Cl)c1. The molecule has 0 fully saturated rings. The Morgan fingerprint density at radius 1 is 1.03 bits per heavy atom. The first kappa shape index (κ1) is 19.5. The molecule has 0 bridgehead atoms. The van der Waals surface area contributed by atoms with E-state index in [0.29, 0.717) is 32.4 Å². The number of amides is 1. The van der Waals surface area contributed by atoms with Crippen LogP contribution in [0.4, 0.5) is 5.69 Å². The Morgan fingerprint density at radius 3 is 2.59 bits per heavy atom. The van der Waals surface area contributed by atoms with Gasteiger partial charge >= 0.3 is 0 Å². The van der Waals surface area contributed by atoms with E-state index in [1.807, 2.05) is 47.4 Å². The van der Waals surface area contributed by atoms with E-state index in [4.69, 9.17) is 23.2 Å². The van der Waals surface area contributed by atoms with Crippen molar-refractivity contribution in [2.24, 2.45) is 0 Å². The normalized spacial score (nSPS) is 10.8. The van der Waals surface area contributed by atoms with Crippen molar-refractivity contribution in [3.8, 4) is 11.5 Å². The predicted molar refractivity (Wildman–Crippen MR) is 114 cm³/mol. The smallest absolute Gasteiger partial charge is 0.234 e. The highest BCUT2D eigenvalue weighted by atomic mass is 35.5. The van der Waals surface area contributed by atoms with E-state index < -0.39 is 0 Å². The van der Waals surface area contributed by atoms with Gasteiger partial charge in [0.25, 0.3) is 0 Å². The van der Waals surface area contributed by atoms with Crippen molar-refractivity contribution in [1.82, 2.24) is 24.5 Å².